The Morgan fingerprint density at radius 2 is 2.04 bits per heavy atom. The molecule has 140 valence electrons. The lowest BCUT2D eigenvalue weighted by Crippen LogP contribution is -2.39. The van der Waals surface area contributed by atoms with Gasteiger partial charge in [0.25, 0.3) is 5.91 Å². The Labute approximate surface area is 165 Å². The molecule has 0 N–H and O–H groups in total. The Morgan fingerprint density at radius 3 is 2.70 bits per heavy atom. The number of amides is 1. The molecule has 1 fully saturated rings. The maximum absolute atomic E-state index is 12.6. The van der Waals surface area contributed by atoms with E-state index in [1.165, 1.54) is 7.11 Å². The van der Waals surface area contributed by atoms with Gasteiger partial charge in [0.15, 0.2) is 10.7 Å². The number of carbonyl (C=O) groups excluding carboxylic acids is 1. The normalized spacial score (nSPS) is 15.3. The van der Waals surface area contributed by atoms with Crippen molar-refractivity contribution in [3.63, 3.8) is 0 Å². The molecule has 1 aliphatic heterocycles. The van der Waals surface area contributed by atoms with Crippen molar-refractivity contribution in [3.05, 3.63) is 40.5 Å². The SMILES string of the molecule is COc1nc(Cl)nc2c(Cl)nn(C3CCN(C(=O)c4cccnc4)CC3)c12. The van der Waals surface area contributed by atoms with E-state index in [0.717, 1.165) is 12.8 Å². The van der Waals surface area contributed by atoms with Gasteiger partial charge >= 0.3 is 0 Å². The zero-order chi connectivity index (χ0) is 19.0. The lowest BCUT2D eigenvalue weighted by Gasteiger charge is -2.32. The van der Waals surface area contributed by atoms with Crippen molar-refractivity contribution in [2.24, 2.45) is 0 Å². The minimum absolute atomic E-state index is 0.0161. The molecule has 3 aromatic rings. The van der Waals surface area contributed by atoms with E-state index in [1.54, 1.807) is 29.2 Å². The predicted molar refractivity (Wildman–Crippen MR) is 100 cm³/mol. The molecule has 3 aromatic heterocycles. The number of aromatic nitrogens is 5. The number of ether oxygens (including phenoxy) is 1. The van der Waals surface area contributed by atoms with Crippen LogP contribution in [0.5, 0.6) is 5.88 Å². The monoisotopic (exact) mass is 406 g/mol. The van der Waals surface area contributed by atoms with Gasteiger partial charge in [0, 0.05) is 25.5 Å². The van der Waals surface area contributed by atoms with E-state index in [4.69, 9.17) is 27.9 Å². The average Bonchev–Trinajstić information content (AvgIpc) is 3.04. The van der Waals surface area contributed by atoms with E-state index in [2.05, 4.69) is 20.1 Å². The van der Waals surface area contributed by atoms with Crippen LogP contribution < -0.4 is 4.74 Å². The van der Waals surface area contributed by atoms with E-state index in [9.17, 15) is 4.79 Å². The first kappa shape index (κ1) is 17.9. The van der Waals surface area contributed by atoms with E-state index in [1.807, 2.05) is 4.90 Å². The fraction of sp³-hybridized carbons (Fsp3) is 0.353. The molecule has 0 aliphatic carbocycles. The van der Waals surface area contributed by atoms with Crippen LogP contribution in [0.2, 0.25) is 10.4 Å². The summed E-state index contributed by atoms with van der Waals surface area (Å²) in [5.74, 6) is 0.316. The van der Waals surface area contributed by atoms with Gasteiger partial charge in [-0.3, -0.25) is 14.5 Å². The first-order valence-electron chi connectivity index (χ1n) is 8.43. The van der Waals surface area contributed by atoms with Crippen LogP contribution in [0.4, 0.5) is 0 Å². The third-order valence-electron chi connectivity index (χ3n) is 4.64. The topological polar surface area (TPSA) is 86.0 Å². The molecule has 0 radical (unpaired) electrons. The Kier molecular flexibility index (Phi) is 4.84. The van der Waals surface area contributed by atoms with Gasteiger partial charge in [0.2, 0.25) is 11.2 Å². The summed E-state index contributed by atoms with van der Waals surface area (Å²) in [6, 6.07) is 3.58. The lowest BCUT2D eigenvalue weighted by atomic mass is 10.0. The molecule has 0 spiro atoms. The molecule has 0 atom stereocenters. The van der Waals surface area contributed by atoms with Crippen molar-refractivity contribution in [2.45, 2.75) is 18.9 Å². The van der Waals surface area contributed by atoms with Crippen molar-refractivity contribution < 1.29 is 9.53 Å². The zero-order valence-electron chi connectivity index (χ0n) is 14.5. The number of rotatable bonds is 3. The minimum atomic E-state index is -0.0161. The molecule has 8 nitrogen and oxygen atoms in total. The summed E-state index contributed by atoms with van der Waals surface area (Å²) in [5.41, 5.74) is 1.67. The summed E-state index contributed by atoms with van der Waals surface area (Å²) in [4.78, 5) is 26.7. The number of piperidine rings is 1. The molecule has 0 aromatic carbocycles. The number of halogens is 2. The van der Waals surface area contributed by atoms with E-state index in [-0.39, 0.29) is 22.4 Å². The maximum Gasteiger partial charge on any atom is 0.255 e. The number of carbonyl (C=O) groups is 1. The molecular weight excluding hydrogens is 391 g/mol. The second kappa shape index (κ2) is 7.28. The van der Waals surface area contributed by atoms with Gasteiger partial charge < -0.3 is 9.64 Å². The van der Waals surface area contributed by atoms with Gasteiger partial charge in [0.05, 0.1) is 18.7 Å². The first-order chi connectivity index (χ1) is 13.1. The van der Waals surface area contributed by atoms with Crippen LogP contribution in [0.3, 0.4) is 0 Å². The molecule has 0 bridgehead atoms. The van der Waals surface area contributed by atoms with Crippen LogP contribution in [0.1, 0.15) is 29.2 Å². The standard InChI is InChI=1S/C17H16Cl2N6O2/c1-27-15-13-12(21-17(19)22-15)14(18)23-25(13)11-4-7-24(8-5-11)16(26)10-3-2-6-20-9-10/h2-3,6,9,11H,4-5,7-8H2,1H3. The highest BCUT2D eigenvalue weighted by atomic mass is 35.5. The number of methoxy groups -OCH3 is 1. The largest absolute Gasteiger partial charge is 0.479 e. The number of fused-ring (bicyclic) bond motifs is 1. The molecule has 0 saturated carbocycles. The minimum Gasteiger partial charge on any atom is -0.479 e. The molecule has 1 aliphatic rings. The summed E-state index contributed by atoms with van der Waals surface area (Å²) < 4.78 is 7.13. The molecule has 4 heterocycles. The van der Waals surface area contributed by atoms with Crippen molar-refractivity contribution >= 4 is 40.1 Å². The van der Waals surface area contributed by atoms with E-state index < -0.39 is 0 Å². The molecule has 1 saturated heterocycles. The molecule has 0 unspecified atom stereocenters. The predicted octanol–water partition coefficient (Wildman–Crippen LogP) is 3.01. The molecule has 27 heavy (non-hydrogen) atoms. The summed E-state index contributed by atoms with van der Waals surface area (Å²) in [5, 5.41) is 4.72. The summed E-state index contributed by atoms with van der Waals surface area (Å²) >= 11 is 12.2. The second-order valence-corrected chi connectivity index (χ2v) is 6.90. The van der Waals surface area contributed by atoms with Crippen molar-refractivity contribution in [1.82, 2.24) is 29.6 Å². The van der Waals surface area contributed by atoms with Crippen LogP contribution in [0, 0.1) is 0 Å². The third-order valence-corrected chi connectivity index (χ3v) is 5.07. The van der Waals surface area contributed by atoms with Gasteiger partial charge in [-0.1, -0.05) is 11.6 Å². The highest BCUT2D eigenvalue weighted by Gasteiger charge is 2.28. The number of pyridine rings is 1. The van der Waals surface area contributed by atoms with E-state index >= 15 is 0 Å². The van der Waals surface area contributed by atoms with Gasteiger partial charge in [0.1, 0.15) is 5.52 Å². The van der Waals surface area contributed by atoms with Crippen molar-refractivity contribution in [1.29, 1.82) is 0 Å². The number of hydrogen-bond donors (Lipinski definition) is 0. The quantitative estimate of drug-likeness (QED) is 0.621. The zero-order valence-corrected chi connectivity index (χ0v) is 16.0. The molecule has 4 rings (SSSR count). The van der Waals surface area contributed by atoms with Gasteiger partial charge in [-0.2, -0.15) is 10.1 Å². The summed E-state index contributed by atoms with van der Waals surface area (Å²) in [6.45, 7) is 1.21. The van der Waals surface area contributed by atoms with Crippen molar-refractivity contribution in [2.75, 3.05) is 20.2 Å². The highest BCUT2D eigenvalue weighted by Crippen LogP contribution is 2.34. The van der Waals surface area contributed by atoms with Crippen LogP contribution in [-0.4, -0.2) is 55.7 Å². The third kappa shape index (κ3) is 3.30. The van der Waals surface area contributed by atoms with E-state index in [0.29, 0.717) is 35.6 Å². The first-order valence-corrected chi connectivity index (χ1v) is 9.18. The summed E-state index contributed by atoms with van der Waals surface area (Å²) in [6.07, 6.45) is 4.69. The lowest BCUT2D eigenvalue weighted by molar-refractivity contribution is 0.0691. The van der Waals surface area contributed by atoms with Crippen LogP contribution in [0.25, 0.3) is 11.0 Å². The maximum atomic E-state index is 12.6. The Bertz CT molecular complexity index is 986. The molecule has 10 heteroatoms. The summed E-state index contributed by atoms with van der Waals surface area (Å²) in [7, 11) is 1.51. The van der Waals surface area contributed by atoms with Crippen LogP contribution in [-0.2, 0) is 0 Å². The van der Waals surface area contributed by atoms with Gasteiger partial charge in [-0.15, -0.1) is 0 Å². The van der Waals surface area contributed by atoms with Gasteiger partial charge in [-0.25, -0.2) is 4.98 Å². The molecule has 1 amide bonds. The van der Waals surface area contributed by atoms with Crippen molar-refractivity contribution in [3.8, 4) is 5.88 Å². The Morgan fingerprint density at radius 1 is 1.26 bits per heavy atom. The number of nitrogens with zero attached hydrogens (tertiary/aromatic N) is 6. The average molecular weight is 407 g/mol. The van der Waals surface area contributed by atoms with Gasteiger partial charge in [-0.05, 0) is 36.6 Å². The number of likely N-dealkylation sites (tertiary alicyclic amines) is 1. The Hall–Kier alpha value is -2.45. The van der Waals surface area contributed by atoms with Crippen LogP contribution >= 0.6 is 23.2 Å². The smallest absolute Gasteiger partial charge is 0.255 e. The fourth-order valence-corrected chi connectivity index (χ4v) is 3.72. The highest BCUT2D eigenvalue weighted by molar-refractivity contribution is 6.34. The molecular formula is C17H16Cl2N6O2. The van der Waals surface area contributed by atoms with Crippen LogP contribution in [0.15, 0.2) is 24.5 Å². The second-order valence-electron chi connectivity index (χ2n) is 6.20. The number of hydrogen-bond acceptors (Lipinski definition) is 6. The fourth-order valence-electron chi connectivity index (χ4n) is 3.34. The Balaban J connectivity index is 1.58.